The van der Waals surface area contributed by atoms with Crippen LogP contribution in [0.5, 0.6) is 0 Å². The van der Waals surface area contributed by atoms with E-state index in [4.69, 9.17) is 14.6 Å². The fourth-order valence-electron chi connectivity index (χ4n) is 5.37. The number of nitriles is 1. The zero-order chi connectivity index (χ0) is 34.0. The van der Waals surface area contributed by atoms with Crippen LogP contribution < -0.4 is 15.1 Å². The molecule has 2 aromatic rings. The van der Waals surface area contributed by atoms with Crippen molar-refractivity contribution in [3.8, 4) is 17.9 Å². The fraction of sp³-hybridized carbons (Fsp3) is 0.548. The normalized spacial score (nSPS) is 17.3. The highest BCUT2D eigenvalue weighted by Crippen LogP contribution is 2.33. The Kier molecular flexibility index (Phi) is 12.4. The molecular formula is C31H38F3N7O5S. The molecule has 254 valence electrons. The number of ether oxygens (including phenoxy) is 1. The van der Waals surface area contributed by atoms with Gasteiger partial charge in [-0.15, -0.1) is 0 Å². The number of nitrogens with one attached hydrogen (secondary N) is 1. The van der Waals surface area contributed by atoms with Crippen LogP contribution in [0.15, 0.2) is 30.3 Å². The number of piperidine rings is 1. The molecule has 2 fully saturated rings. The van der Waals surface area contributed by atoms with Crippen LogP contribution in [0.25, 0.3) is 0 Å². The van der Waals surface area contributed by atoms with E-state index in [2.05, 4.69) is 33.2 Å². The first-order valence-corrected chi connectivity index (χ1v) is 16.9. The van der Waals surface area contributed by atoms with E-state index in [-0.39, 0.29) is 42.6 Å². The standard InChI is InChI=1S/C31H38F3N7O5S/c1-39(18-20-47(43,44)45)14-2-3-19-46-25-11-16-40(17-12-25)27-21-28(38-30(37-27)31(32,33)34)41-15-4-5-26(41)29(42)36-13-10-23-6-8-24(22-35)9-7-23/h6-9,21,25-26H,4-5,10-20H2,1H3,(H,36,42)(H,43,44,45). The molecule has 2 saturated heterocycles. The van der Waals surface area contributed by atoms with Gasteiger partial charge in [0.05, 0.1) is 30.0 Å². The Morgan fingerprint density at radius 1 is 1.13 bits per heavy atom. The summed E-state index contributed by atoms with van der Waals surface area (Å²) >= 11 is 0. The van der Waals surface area contributed by atoms with Crippen molar-refractivity contribution in [2.45, 2.75) is 50.4 Å². The summed E-state index contributed by atoms with van der Waals surface area (Å²) in [5.41, 5.74) is 1.49. The summed E-state index contributed by atoms with van der Waals surface area (Å²) in [6.07, 6.45) is -2.17. The van der Waals surface area contributed by atoms with Gasteiger partial charge in [-0.2, -0.15) is 26.9 Å². The number of nitrogens with zero attached hydrogens (tertiary/aromatic N) is 6. The van der Waals surface area contributed by atoms with E-state index >= 15 is 0 Å². The number of rotatable bonds is 12. The topological polar surface area (TPSA) is 152 Å². The quantitative estimate of drug-likeness (QED) is 0.252. The van der Waals surface area contributed by atoms with Gasteiger partial charge < -0.3 is 19.9 Å². The molecule has 4 rings (SSSR count). The van der Waals surface area contributed by atoms with Crippen LogP contribution in [0.3, 0.4) is 0 Å². The van der Waals surface area contributed by atoms with E-state index < -0.39 is 28.2 Å². The third kappa shape index (κ3) is 11.1. The van der Waals surface area contributed by atoms with E-state index in [1.807, 2.05) is 12.1 Å². The molecule has 47 heavy (non-hydrogen) atoms. The Labute approximate surface area is 272 Å². The second-order valence-electron chi connectivity index (χ2n) is 11.5. The zero-order valence-electron chi connectivity index (χ0n) is 26.0. The van der Waals surface area contributed by atoms with E-state index in [0.717, 1.165) is 5.56 Å². The molecule has 2 N–H and O–H groups in total. The number of hydrogen-bond acceptors (Lipinski definition) is 10. The van der Waals surface area contributed by atoms with Gasteiger partial charge in [-0.1, -0.05) is 24.0 Å². The van der Waals surface area contributed by atoms with E-state index in [0.29, 0.717) is 70.4 Å². The van der Waals surface area contributed by atoms with Crippen LogP contribution in [0.4, 0.5) is 24.8 Å². The molecule has 0 saturated carbocycles. The summed E-state index contributed by atoms with van der Waals surface area (Å²) in [4.78, 5) is 25.8. The Morgan fingerprint density at radius 3 is 2.49 bits per heavy atom. The van der Waals surface area contributed by atoms with Crippen molar-refractivity contribution in [1.82, 2.24) is 20.2 Å². The Morgan fingerprint density at radius 2 is 1.83 bits per heavy atom. The molecule has 0 bridgehead atoms. The number of hydrogen-bond donors (Lipinski definition) is 2. The van der Waals surface area contributed by atoms with Crippen molar-refractivity contribution in [1.29, 1.82) is 5.26 Å². The second kappa shape index (κ2) is 16.2. The van der Waals surface area contributed by atoms with Crippen molar-refractivity contribution in [3.63, 3.8) is 0 Å². The molecule has 1 unspecified atom stereocenters. The average molecular weight is 678 g/mol. The first kappa shape index (κ1) is 35.9. The molecule has 0 aliphatic carbocycles. The minimum atomic E-state index is -4.77. The molecule has 1 atom stereocenters. The van der Waals surface area contributed by atoms with Gasteiger partial charge >= 0.3 is 6.18 Å². The third-order valence-electron chi connectivity index (χ3n) is 7.96. The number of anilines is 2. The highest BCUT2D eigenvalue weighted by Gasteiger charge is 2.39. The number of halogens is 3. The molecule has 0 radical (unpaired) electrons. The first-order valence-electron chi connectivity index (χ1n) is 15.3. The minimum absolute atomic E-state index is 0.0577. The van der Waals surface area contributed by atoms with Crippen LogP contribution in [0.1, 0.15) is 42.6 Å². The van der Waals surface area contributed by atoms with Crippen LogP contribution in [-0.4, -0.2) is 105 Å². The summed E-state index contributed by atoms with van der Waals surface area (Å²) in [5.74, 6) is 4.03. The Balaban J connectivity index is 1.33. The predicted octanol–water partition coefficient (Wildman–Crippen LogP) is 2.50. The van der Waals surface area contributed by atoms with E-state index in [9.17, 15) is 26.4 Å². The predicted molar refractivity (Wildman–Crippen MR) is 168 cm³/mol. The number of aromatic nitrogens is 2. The van der Waals surface area contributed by atoms with Gasteiger partial charge in [0, 0.05) is 38.8 Å². The zero-order valence-corrected chi connectivity index (χ0v) is 26.9. The van der Waals surface area contributed by atoms with Gasteiger partial charge in [-0.05, 0) is 56.8 Å². The Bertz CT molecular complexity index is 1580. The maximum Gasteiger partial charge on any atom is 0.451 e. The minimum Gasteiger partial charge on any atom is -0.365 e. The average Bonchev–Trinajstić information content (AvgIpc) is 3.54. The van der Waals surface area contributed by atoms with Gasteiger partial charge in [0.1, 0.15) is 24.3 Å². The van der Waals surface area contributed by atoms with Crippen molar-refractivity contribution >= 4 is 27.7 Å². The molecular weight excluding hydrogens is 639 g/mol. The lowest BCUT2D eigenvalue weighted by molar-refractivity contribution is -0.144. The molecule has 1 aromatic heterocycles. The summed E-state index contributed by atoms with van der Waals surface area (Å²) in [5, 5.41) is 11.8. The number of alkyl halides is 3. The number of carbonyl (C=O) groups is 1. The summed E-state index contributed by atoms with van der Waals surface area (Å²) in [6.45, 7) is 2.13. The molecule has 2 aliphatic rings. The molecule has 16 heteroatoms. The van der Waals surface area contributed by atoms with Gasteiger partial charge in [0.15, 0.2) is 0 Å². The van der Waals surface area contributed by atoms with Gasteiger partial charge in [0.2, 0.25) is 11.7 Å². The molecule has 12 nitrogen and oxygen atoms in total. The molecule has 0 spiro atoms. The summed E-state index contributed by atoms with van der Waals surface area (Å²) in [7, 11) is -2.36. The number of amides is 1. The lowest BCUT2D eigenvalue weighted by atomic mass is 10.1. The lowest BCUT2D eigenvalue weighted by Gasteiger charge is -2.33. The van der Waals surface area contributed by atoms with E-state index in [1.165, 1.54) is 6.07 Å². The molecule has 2 aliphatic heterocycles. The maximum atomic E-state index is 13.9. The first-order chi connectivity index (χ1) is 22.3. The van der Waals surface area contributed by atoms with Crippen molar-refractivity contribution < 1.29 is 35.7 Å². The third-order valence-corrected chi connectivity index (χ3v) is 8.66. The number of benzene rings is 1. The number of carbonyl (C=O) groups excluding carboxylic acids is 1. The Hall–Kier alpha value is -3.96. The van der Waals surface area contributed by atoms with Crippen LogP contribution in [0.2, 0.25) is 0 Å². The van der Waals surface area contributed by atoms with Crippen molar-refractivity contribution in [2.75, 3.05) is 68.5 Å². The lowest BCUT2D eigenvalue weighted by Crippen LogP contribution is -2.44. The van der Waals surface area contributed by atoms with Crippen LogP contribution >= 0.6 is 0 Å². The monoisotopic (exact) mass is 677 g/mol. The molecule has 1 aromatic carbocycles. The summed E-state index contributed by atoms with van der Waals surface area (Å²) < 4.78 is 78.1. The van der Waals surface area contributed by atoms with Gasteiger partial charge in [-0.25, -0.2) is 9.97 Å². The summed E-state index contributed by atoms with van der Waals surface area (Å²) in [6, 6.07) is 9.95. The smallest absolute Gasteiger partial charge is 0.365 e. The molecule has 1 amide bonds. The van der Waals surface area contributed by atoms with Crippen LogP contribution in [-0.2, 0) is 32.2 Å². The van der Waals surface area contributed by atoms with E-state index in [1.54, 1.807) is 33.9 Å². The second-order valence-corrected chi connectivity index (χ2v) is 13.1. The maximum absolute atomic E-state index is 13.9. The SMILES string of the molecule is CN(CC#CCOC1CCN(c2cc(N3CCCC3C(=O)NCCc3ccc(C#N)cc3)nc(C(F)(F)F)n2)CC1)CCS(=O)(=O)O. The highest BCUT2D eigenvalue weighted by molar-refractivity contribution is 7.85. The van der Waals surface area contributed by atoms with Crippen molar-refractivity contribution in [3.05, 3.63) is 47.3 Å². The highest BCUT2D eigenvalue weighted by atomic mass is 32.2. The van der Waals surface area contributed by atoms with Crippen molar-refractivity contribution in [2.24, 2.45) is 0 Å². The van der Waals surface area contributed by atoms with Crippen LogP contribution in [0, 0.1) is 23.2 Å². The van der Waals surface area contributed by atoms with Gasteiger partial charge in [-0.3, -0.25) is 14.2 Å². The van der Waals surface area contributed by atoms with Gasteiger partial charge in [0.25, 0.3) is 10.1 Å². The largest absolute Gasteiger partial charge is 0.451 e. The molecule has 3 heterocycles. The fourth-order valence-corrected chi connectivity index (χ4v) is 5.91.